The Hall–Kier alpha value is -2.48. The fraction of sp³-hybridized carbons (Fsp3) is 0.214. The number of ether oxygens (including phenoxy) is 2. The minimum atomic E-state index is -3.86. The van der Waals surface area contributed by atoms with Crippen LogP contribution in [0.5, 0.6) is 11.5 Å². The lowest BCUT2D eigenvalue weighted by atomic mass is 10.3. The number of pyridine rings is 1. The fourth-order valence-corrected chi connectivity index (χ4v) is 3.06. The van der Waals surface area contributed by atoms with E-state index in [0.717, 1.165) is 0 Å². The van der Waals surface area contributed by atoms with Crippen LogP contribution >= 0.6 is 0 Å². The summed E-state index contributed by atoms with van der Waals surface area (Å²) in [5.41, 5.74) is 0.0462. The smallest absolute Gasteiger partial charge is 0.265 e. The first-order valence-electron chi connectivity index (χ1n) is 6.29. The summed E-state index contributed by atoms with van der Waals surface area (Å²) in [6.07, 6.45) is 1.40. The lowest BCUT2D eigenvalue weighted by Crippen LogP contribution is -2.18. The molecule has 8 heteroatoms. The van der Waals surface area contributed by atoms with Gasteiger partial charge in [0.2, 0.25) is 5.56 Å². The van der Waals surface area contributed by atoms with Crippen LogP contribution in [0, 0.1) is 0 Å². The summed E-state index contributed by atoms with van der Waals surface area (Å²) in [4.78, 5) is 11.3. The van der Waals surface area contributed by atoms with Crippen molar-refractivity contribution >= 4 is 15.7 Å². The maximum absolute atomic E-state index is 12.5. The van der Waals surface area contributed by atoms with E-state index in [4.69, 9.17) is 9.47 Å². The van der Waals surface area contributed by atoms with Crippen LogP contribution in [0.3, 0.4) is 0 Å². The third-order valence-electron chi connectivity index (χ3n) is 3.00. The van der Waals surface area contributed by atoms with Gasteiger partial charge in [0, 0.05) is 25.4 Å². The average molecular weight is 324 g/mol. The quantitative estimate of drug-likeness (QED) is 0.893. The van der Waals surface area contributed by atoms with Gasteiger partial charge in [0.15, 0.2) is 0 Å². The normalized spacial score (nSPS) is 11.0. The fourth-order valence-electron chi connectivity index (χ4n) is 1.86. The van der Waals surface area contributed by atoms with Gasteiger partial charge < -0.3 is 14.0 Å². The number of anilines is 1. The summed E-state index contributed by atoms with van der Waals surface area (Å²) in [7, 11) is 0.532. The van der Waals surface area contributed by atoms with Gasteiger partial charge in [-0.1, -0.05) is 0 Å². The third kappa shape index (κ3) is 3.22. The van der Waals surface area contributed by atoms with E-state index in [1.165, 1.54) is 62.4 Å². The zero-order chi connectivity index (χ0) is 16.3. The zero-order valence-corrected chi connectivity index (χ0v) is 13.2. The number of rotatable bonds is 5. The van der Waals surface area contributed by atoms with Gasteiger partial charge >= 0.3 is 0 Å². The molecular formula is C14H16N2O5S. The van der Waals surface area contributed by atoms with E-state index >= 15 is 0 Å². The van der Waals surface area contributed by atoms with Crippen molar-refractivity contribution in [2.24, 2.45) is 7.05 Å². The molecule has 0 unspecified atom stereocenters. The van der Waals surface area contributed by atoms with Crippen molar-refractivity contribution in [3.63, 3.8) is 0 Å². The van der Waals surface area contributed by atoms with Gasteiger partial charge in [-0.3, -0.25) is 9.52 Å². The van der Waals surface area contributed by atoms with Crippen molar-refractivity contribution in [1.29, 1.82) is 0 Å². The van der Waals surface area contributed by atoms with Crippen LogP contribution in [0.2, 0.25) is 0 Å². The Morgan fingerprint density at radius 3 is 2.41 bits per heavy atom. The molecule has 0 aliphatic heterocycles. The van der Waals surface area contributed by atoms with Gasteiger partial charge in [-0.2, -0.15) is 0 Å². The molecule has 0 radical (unpaired) electrons. The lowest BCUT2D eigenvalue weighted by molar-refractivity contribution is 0.386. The van der Waals surface area contributed by atoms with Gasteiger partial charge in [0.1, 0.15) is 16.4 Å². The first kappa shape index (κ1) is 15.9. The minimum absolute atomic E-state index is 0.0235. The number of nitrogens with zero attached hydrogens (tertiary/aromatic N) is 1. The highest BCUT2D eigenvalue weighted by Gasteiger charge is 2.20. The molecule has 1 aromatic carbocycles. The molecule has 0 spiro atoms. The van der Waals surface area contributed by atoms with Crippen LogP contribution in [0.1, 0.15) is 0 Å². The molecule has 0 saturated carbocycles. The van der Waals surface area contributed by atoms with Crippen molar-refractivity contribution in [2.45, 2.75) is 4.90 Å². The highest BCUT2D eigenvalue weighted by molar-refractivity contribution is 7.92. The minimum Gasteiger partial charge on any atom is -0.497 e. The van der Waals surface area contributed by atoms with Crippen LogP contribution in [-0.4, -0.2) is 27.2 Å². The number of hydrogen-bond acceptors (Lipinski definition) is 5. The van der Waals surface area contributed by atoms with E-state index in [1.807, 2.05) is 0 Å². The number of hydrogen-bond donors (Lipinski definition) is 1. The molecule has 0 bridgehead atoms. The maximum atomic E-state index is 12.5. The molecule has 1 heterocycles. The van der Waals surface area contributed by atoms with Gasteiger partial charge in [-0.05, 0) is 18.2 Å². The highest BCUT2D eigenvalue weighted by atomic mass is 32.2. The molecule has 0 aliphatic rings. The van der Waals surface area contributed by atoms with E-state index in [2.05, 4.69) is 4.72 Å². The van der Waals surface area contributed by atoms with Crippen LogP contribution in [-0.2, 0) is 17.1 Å². The zero-order valence-electron chi connectivity index (χ0n) is 12.4. The summed E-state index contributed by atoms with van der Waals surface area (Å²) < 4.78 is 38.7. The van der Waals surface area contributed by atoms with E-state index < -0.39 is 10.0 Å². The molecule has 2 rings (SSSR count). The molecule has 0 amide bonds. The Kier molecular flexibility index (Phi) is 4.41. The Morgan fingerprint density at radius 2 is 1.82 bits per heavy atom. The average Bonchev–Trinajstić information content (AvgIpc) is 2.50. The summed E-state index contributed by atoms with van der Waals surface area (Å²) in [5.74, 6) is 0.648. The van der Waals surface area contributed by atoms with Gasteiger partial charge in [-0.15, -0.1) is 0 Å². The van der Waals surface area contributed by atoms with Crippen molar-refractivity contribution < 1.29 is 17.9 Å². The van der Waals surface area contributed by atoms with Crippen molar-refractivity contribution in [3.05, 3.63) is 46.9 Å². The molecule has 0 atom stereocenters. The molecule has 118 valence electrons. The lowest BCUT2D eigenvalue weighted by Gasteiger charge is -2.13. The number of aromatic nitrogens is 1. The second-order valence-electron chi connectivity index (χ2n) is 4.49. The molecule has 1 aromatic heterocycles. The SMILES string of the molecule is COc1ccc(S(=O)(=O)Nc2ccc(=O)n(C)c2)c(OC)c1. The molecule has 7 nitrogen and oxygen atoms in total. The molecule has 2 aromatic rings. The largest absolute Gasteiger partial charge is 0.497 e. The van der Waals surface area contributed by atoms with E-state index in [1.54, 1.807) is 0 Å². The predicted octanol–water partition coefficient (Wildman–Crippen LogP) is 1.20. The molecule has 22 heavy (non-hydrogen) atoms. The number of aryl methyl sites for hydroxylation is 1. The number of benzene rings is 1. The van der Waals surface area contributed by atoms with Gasteiger partial charge in [0.25, 0.3) is 10.0 Å². The Bertz CT molecular complexity index is 843. The van der Waals surface area contributed by atoms with Gasteiger partial charge in [0.05, 0.1) is 19.9 Å². The first-order chi connectivity index (χ1) is 10.4. The Balaban J connectivity index is 2.42. The summed E-state index contributed by atoms with van der Waals surface area (Å²) in [6, 6.07) is 7.08. The van der Waals surface area contributed by atoms with E-state index in [-0.39, 0.29) is 21.9 Å². The van der Waals surface area contributed by atoms with Crippen molar-refractivity contribution in [1.82, 2.24) is 4.57 Å². The topological polar surface area (TPSA) is 86.6 Å². The van der Waals surface area contributed by atoms with Gasteiger partial charge in [-0.25, -0.2) is 8.42 Å². The monoisotopic (exact) mass is 324 g/mol. The molecule has 0 fully saturated rings. The Morgan fingerprint density at radius 1 is 1.09 bits per heavy atom. The number of sulfonamides is 1. The van der Waals surface area contributed by atoms with Crippen LogP contribution in [0.4, 0.5) is 5.69 Å². The van der Waals surface area contributed by atoms with Crippen LogP contribution in [0.25, 0.3) is 0 Å². The summed E-state index contributed by atoms with van der Waals surface area (Å²) in [5, 5.41) is 0. The number of methoxy groups -OCH3 is 2. The molecule has 0 aliphatic carbocycles. The standard InChI is InChI=1S/C14H16N2O5S/c1-16-9-10(4-7-14(16)17)15-22(18,19)13-6-5-11(20-2)8-12(13)21-3/h4-9,15H,1-3H3. The predicted molar refractivity (Wildman–Crippen MR) is 82.0 cm³/mol. The Labute approximate surface area is 128 Å². The van der Waals surface area contributed by atoms with E-state index in [9.17, 15) is 13.2 Å². The third-order valence-corrected chi connectivity index (χ3v) is 4.42. The van der Waals surface area contributed by atoms with Crippen LogP contribution in [0.15, 0.2) is 46.2 Å². The first-order valence-corrected chi connectivity index (χ1v) is 7.77. The van der Waals surface area contributed by atoms with Crippen molar-refractivity contribution in [3.8, 4) is 11.5 Å². The highest BCUT2D eigenvalue weighted by Crippen LogP contribution is 2.29. The maximum Gasteiger partial charge on any atom is 0.265 e. The molecule has 1 N–H and O–H groups in total. The van der Waals surface area contributed by atoms with Crippen LogP contribution < -0.4 is 19.8 Å². The number of nitrogens with one attached hydrogen (secondary N) is 1. The summed E-state index contributed by atoms with van der Waals surface area (Å²) >= 11 is 0. The summed E-state index contributed by atoms with van der Waals surface area (Å²) in [6.45, 7) is 0. The molecular weight excluding hydrogens is 308 g/mol. The second kappa shape index (κ2) is 6.10. The van der Waals surface area contributed by atoms with E-state index in [0.29, 0.717) is 5.75 Å². The second-order valence-corrected chi connectivity index (χ2v) is 6.14. The molecule has 0 saturated heterocycles. The van der Waals surface area contributed by atoms with Crippen molar-refractivity contribution in [2.75, 3.05) is 18.9 Å².